The van der Waals surface area contributed by atoms with Crippen molar-refractivity contribution in [2.24, 2.45) is 0 Å². The molecule has 2 aromatic carbocycles. The van der Waals surface area contributed by atoms with Gasteiger partial charge in [-0.1, -0.05) is 50.5 Å². The highest BCUT2D eigenvalue weighted by molar-refractivity contribution is 6.84. The summed E-state index contributed by atoms with van der Waals surface area (Å²) >= 11 is 0. The number of hydrogen-bond acceptors (Lipinski definition) is 3. The van der Waals surface area contributed by atoms with Crippen LogP contribution in [0.2, 0.25) is 38.8 Å². The van der Waals surface area contributed by atoms with Crippen LogP contribution in [0.3, 0.4) is 0 Å². The Bertz CT molecular complexity index is 821. The molecule has 2 aromatic rings. The van der Waals surface area contributed by atoms with Gasteiger partial charge in [0.25, 0.3) is 0 Å². The highest BCUT2D eigenvalue weighted by Gasteiger charge is 2.28. The van der Waals surface area contributed by atoms with Gasteiger partial charge in [-0.05, 0) is 99.9 Å². The van der Waals surface area contributed by atoms with E-state index in [1.807, 2.05) is 36.4 Å². The summed E-state index contributed by atoms with van der Waals surface area (Å²) < 4.78 is 12.0. The molecule has 0 atom stereocenters. The first kappa shape index (κ1) is 26.6. The second-order valence-corrected chi connectivity index (χ2v) is 19.4. The molecule has 0 aromatic heterocycles. The van der Waals surface area contributed by atoms with Crippen molar-refractivity contribution in [1.29, 1.82) is 0 Å². The molecular weight excluding hydrogens is 428 g/mol. The maximum absolute atomic E-state index is 12.4. The fourth-order valence-corrected chi connectivity index (χ4v) is 12.2. The van der Waals surface area contributed by atoms with Gasteiger partial charge in [0, 0.05) is 0 Å². The van der Waals surface area contributed by atoms with Crippen LogP contribution in [0.4, 0.5) is 0 Å². The number of rotatable bonds is 13. The van der Waals surface area contributed by atoms with E-state index in [4.69, 9.17) is 8.85 Å². The Balaban J connectivity index is 1.74. The molecule has 0 radical (unpaired) electrons. The predicted molar refractivity (Wildman–Crippen MR) is 141 cm³/mol. The summed E-state index contributed by atoms with van der Waals surface area (Å²) in [5.74, 6) is 0.302. The average Bonchev–Trinajstić information content (AvgIpc) is 2.71. The van der Waals surface area contributed by atoms with Gasteiger partial charge in [-0.15, -0.1) is 0 Å². The second kappa shape index (κ2) is 12.5. The van der Waals surface area contributed by atoms with E-state index in [2.05, 4.69) is 51.8 Å². The SMILES string of the molecule is CCCCc1ccc(OC(=O)c2ccc(CCCCC[Si](C)(C)O[Si](C)(C)C)cc2)cc1. The molecule has 5 heteroatoms. The summed E-state index contributed by atoms with van der Waals surface area (Å²) in [4.78, 5) is 12.4. The van der Waals surface area contributed by atoms with Gasteiger partial charge in [-0.3, -0.25) is 0 Å². The van der Waals surface area contributed by atoms with Crippen molar-refractivity contribution in [3.8, 4) is 5.75 Å². The van der Waals surface area contributed by atoms with Crippen molar-refractivity contribution in [1.82, 2.24) is 0 Å². The lowest BCUT2D eigenvalue weighted by Gasteiger charge is -2.31. The van der Waals surface area contributed by atoms with E-state index in [-0.39, 0.29) is 5.97 Å². The minimum Gasteiger partial charge on any atom is -0.456 e. The molecular formula is C27H42O3Si2. The van der Waals surface area contributed by atoms with Crippen LogP contribution in [0.25, 0.3) is 0 Å². The predicted octanol–water partition coefficient (Wildman–Crippen LogP) is 8.02. The summed E-state index contributed by atoms with van der Waals surface area (Å²) in [6.45, 7) is 13.7. The summed E-state index contributed by atoms with van der Waals surface area (Å²) in [6, 6.07) is 17.0. The van der Waals surface area contributed by atoms with E-state index in [0.29, 0.717) is 11.3 Å². The Hall–Kier alpha value is -1.70. The summed E-state index contributed by atoms with van der Waals surface area (Å²) in [7, 11) is -2.96. The zero-order valence-corrected chi connectivity index (χ0v) is 23.0. The fourth-order valence-electron chi connectivity index (χ4n) is 4.02. The molecule has 0 aliphatic rings. The molecule has 0 N–H and O–H groups in total. The van der Waals surface area contributed by atoms with Gasteiger partial charge >= 0.3 is 5.97 Å². The Labute approximate surface area is 197 Å². The molecule has 0 fully saturated rings. The fraction of sp³-hybridized carbons (Fsp3) is 0.519. The van der Waals surface area contributed by atoms with E-state index < -0.39 is 16.6 Å². The minimum absolute atomic E-state index is 0.299. The normalized spacial score (nSPS) is 12.1. The molecule has 0 aliphatic carbocycles. The van der Waals surface area contributed by atoms with Gasteiger partial charge in [0.05, 0.1) is 5.56 Å². The molecule has 0 aliphatic heterocycles. The van der Waals surface area contributed by atoms with Crippen LogP contribution in [-0.2, 0) is 17.0 Å². The Morgan fingerprint density at radius 2 is 1.31 bits per heavy atom. The third kappa shape index (κ3) is 10.3. The molecule has 0 heterocycles. The van der Waals surface area contributed by atoms with Gasteiger partial charge in [0.1, 0.15) is 5.75 Å². The minimum atomic E-state index is -1.52. The Morgan fingerprint density at radius 3 is 1.88 bits per heavy atom. The van der Waals surface area contributed by atoms with Crippen LogP contribution in [0.5, 0.6) is 5.75 Å². The van der Waals surface area contributed by atoms with Crippen LogP contribution in [0.15, 0.2) is 48.5 Å². The first-order valence-electron chi connectivity index (χ1n) is 12.2. The van der Waals surface area contributed by atoms with Crippen molar-refractivity contribution in [2.45, 2.75) is 90.6 Å². The van der Waals surface area contributed by atoms with Crippen LogP contribution in [0, 0.1) is 0 Å². The Morgan fingerprint density at radius 1 is 0.750 bits per heavy atom. The smallest absolute Gasteiger partial charge is 0.343 e. The maximum Gasteiger partial charge on any atom is 0.343 e. The van der Waals surface area contributed by atoms with Crippen molar-refractivity contribution in [3.63, 3.8) is 0 Å². The molecule has 0 saturated heterocycles. The molecule has 0 unspecified atom stereocenters. The summed E-state index contributed by atoms with van der Waals surface area (Å²) in [6.07, 6.45) is 8.11. The van der Waals surface area contributed by atoms with Gasteiger partial charge < -0.3 is 8.85 Å². The number of unbranched alkanes of at least 4 members (excludes halogenated alkanes) is 3. The molecule has 0 bridgehead atoms. The molecule has 0 amide bonds. The highest BCUT2D eigenvalue weighted by atomic mass is 28.4. The first-order chi connectivity index (χ1) is 15.1. The number of esters is 1. The van der Waals surface area contributed by atoms with Crippen LogP contribution in [0.1, 0.15) is 60.5 Å². The second-order valence-electron chi connectivity index (χ2n) is 10.4. The van der Waals surface area contributed by atoms with Crippen molar-refractivity contribution < 1.29 is 13.6 Å². The van der Waals surface area contributed by atoms with E-state index >= 15 is 0 Å². The molecule has 2 rings (SSSR count). The lowest BCUT2D eigenvalue weighted by molar-refractivity contribution is 0.0734. The number of carbonyl (C=O) groups excluding carboxylic acids is 1. The monoisotopic (exact) mass is 470 g/mol. The first-order valence-corrected chi connectivity index (χ1v) is 18.7. The largest absolute Gasteiger partial charge is 0.456 e. The number of benzene rings is 2. The zero-order chi connectivity index (χ0) is 23.6. The summed E-state index contributed by atoms with van der Waals surface area (Å²) in [5.41, 5.74) is 3.15. The van der Waals surface area contributed by atoms with E-state index in [1.54, 1.807) is 0 Å². The molecule has 0 saturated carbocycles. The van der Waals surface area contributed by atoms with E-state index in [0.717, 1.165) is 12.8 Å². The average molecular weight is 471 g/mol. The van der Waals surface area contributed by atoms with Gasteiger partial charge in [0.2, 0.25) is 0 Å². The van der Waals surface area contributed by atoms with Gasteiger partial charge in [-0.2, -0.15) is 0 Å². The quantitative estimate of drug-likeness (QED) is 0.129. The maximum atomic E-state index is 12.4. The van der Waals surface area contributed by atoms with Gasteiger partial charge in [0.15, 0.2) is 16.6 Å². The zero-order valence-electron chi connectivity index (χ0n) is 21.0. The van der Waals surface area contributed by atoms with Crippen molar-refractivity contribution in [2.75, 3.05) is 0 Å². The lowest BCUT2D eigenvalue weighted by Crippen LogP contribution is -2.42. The van der Waals surface area contributed by atoms with E-state index in [9.17, 15) is 4.79 Å². The lowest BCUT2D eigenvalue weighted by atomic mass is 10.1. The number of aryl methyl sites for hydroxylation is 2. The third-order valence-corrected chi connectivity index (χ3v) is 11.7. The van der Waals surface area contributed by atoms with Gasteiger partial charge in [-0.25, -0.2) is 4.79 Å². The number of ether oxygens (including phenoxy) is 1. The van der Waals surface area contributed by atoms with Crippen molar-refractivity contribution >= 4 is 22.6 Å². The molecule has 32 heavy (non-hydrogen) atoms. The van der Waals surface area contributed by atoms with Crippen molar-refractivity contribution in [3.05, 3.63) is 65.2 Å². The summed E-state index contributed by atoms with van der Waals surface area (Å²) in [5, 5.41) is 0. The topological polar surface area (TPSA) is 35.5 Å². The van der Waals surface area contributed by atoms with E-state index in [1.165, 1.54) is 49.3 Å². The number of carbonyl (C=O) groups is 1. The standard InChI is InChI=1S/C27H42O3Si2/c1-7-8-12-23-16-20-26(21-17-23)29-27(28)25-18-14-24(15-19-25)13-10-9-11-22-32(5,6)30-31(2,3)4/h14-21H,7-13,22H2,1-6H3. The van der Waals surface area contributed by atoms with Crippen LogP contribution in [-0.4, -0.2) is 22.6 Å². The number of hydrogen-bond donors (Lipinski definition) is 0. The van der Waals surface area contributed by atoms with Crippen LogP contribution >= 0.6 is 0 Å². The van der Waals surface area contributed by atoms with Crippen LogP contribution < -0.4 is 4.74 Å². The third-order valence-electron chi connectivity index (χ3n) is 5.47. The highest BCUT2D eigenvalue weighted by Crippen LogP contribution is 2.22. The molecule has 176 valence electrons. The molecule has 0 spiro atoms. The Kier molecular flexibility index (Phi) is 10.4. The molecule has 3 nitrogen and oxygen atoms in total.